The van der Waals surface area contributed by atoms with Gasteiger partial charge in [0.25, 0.3) is 0 Å². The van der Waals surface area contributed by atoms with Crippen molar-refractivity contribution in [2.45, 2.75) is 19.4 Å². The van der Waals surface area contributed by atoms with Gasteiger partial charge in [-0.05, 0) is 42.3 Å². The van der Waals surface area contributed by atoms with Gasteiger partial charge in [-0.25, -0.2) is 17.5 Å². The van der Waals surface area contributed by atoms with Gasteiger partial charge in [0.1, 0.15) is 5.82 Å². The largest absolute Gasteiger partial charge is 0.326 e. The Kier molecular flexibility index (Phi) is 5.69. The SMILES string of the molecule is Cc1cccc(NC(=O)C[C@H](NS(C)(=O)=O)c2ccc(F)cc2)c1. The van der Waals surface area contributed by atoms with Crippen LogP contribution < -0.4 is 10.0 Å². The van der Waals surface area contributed by atoms with Crippen LogP contribution in [0.1, 0.15) is 23.6 Å². The molecular formula is C17H19FN2O3S. The fourth-order valence-corrected chi connectivity index (χ4v) is 3.04. The zero-order valence-corrected chi connectivity index (χ0v) is 14.2. The molecule has 0 bridgehead atoms. The van der Waals surface area contributed by atoms with E-state index < -0.39 is 21.9 Å². The molecule has 1 atom stereocenters. The zero-order chi connectivity index (χ0) is 17.7. The highest BCUT2D eigenvalue weighted by atomic mass is 32.2. The molecule has 0 heterocycles. The number of rotatable bonds is 6. The molecule has 0 unspecified atom stereocenters. The van der Waals surface area contributed by atoms with Gasteiger partial charge in [0.05, 0.1) is 12.3 Å². The fraction of sp³-hybridized carbons (Fsp3) is 0.235. The van der Waals surface area contributed by atoms with Crippen molar-refractivity contribution in [1.82, 2.24) is 4.72 Å². The second-order valence-corrected chi connectivity index (χ2v) is 7.40. The molecule has 128 valence electrons. The van der Waals surface area contributed by atoms with Gasteiger partial charge in [0, 0.05) is 12.1 Å². The van der Waals surface area contributed by atoms with Crippen LogP contribution in [0.4, 0.5) is 10.1 Å². The van der Waals surface area contributed by atoms with Gasteiger partial charge in [-0.3, -0.25) is 4.79 Å². The molecule has 7 heteroatoms. The summed E-state index contributed by atoms with van der Waals surface area (Å²) in [7, 11) is -3.53. The minimum Gasteiger partial charge on any atom is -0.326 e. The summed E-state index contributed by atoms with van der Waals surface area (Å²) >= 11 is 0. The van der Waals surface area contributed by atoms with Crippen LogP contribution in [0.3, 0.4) is 0 Å². The molecule has 2 rings (SSSR count). The molecular weight excluding hydrogens is 331 g/mol. The maximum atomic E-state index is 13.1. The summed E-state index contributed by atoms with van der Waals surface area (Å²) in [5.41, 5.74) is 2.15. The smallest absolute Gasteiger partial charge is 0.226 e. The normalized spacial score (nSPS) is 12.6. The van der Waals surface area contributed by atoms with Crippen LogP contribution >= 0.6 is 0 Å². The van der Waals surface area contributed by atoms with Gasteiger partial charge in [0.15, 0.2) is 0 Å². The maximum absolute atomic E-state index is 13.1. The maximum Gasteiger partial charge on any atom is 0.226 e. The lowest BCUT2D eigenvalue weighted by Gasteiger charge is -2.18. The van der Waals surface area contributed by atoms with E-state index in [9.17, 15) is 17.6 Å². The van der Waals surface area contributed by atoms with E-state index in [2.05, 4.69) is 10.0 Å². The van der Waals surface area contributed by atoms with Crippen molar-refractivity contribution >= 4 is 21.6 Å². The van der Waals surface area contributed by atoms with Gasteiger partial charge < -0.3 is 5.32 Å². The lowest BCUT2D eigenvalue weighted by Crippen LogP contribution is -2.30. The van der Waals surface area contributed by atoms with Crippen LogP contribution in [-0.2, 0) is 14.8 Å². The van der Waals surface area contributed by atoms with Crippen LogP contribution in [0.2, 0.25) is 0 Å². The van der Waals surface area contributed by atoms with E-state index in [1.54, 1.807) is 6.07 Å². The van der Waals surface area contributed by atoms with Crippen LogP contribution in [0.25, 0.3) is 0 Å². The zero-order valence-electron chi connectivity index (χ0n) is 13.4. The Morgan fingerprint density at radius 2 is 1.83 bits per heavy atom. The number of sulfonamides is 1. The first-order valence-electron chi connectivity index (χ1n) is 7.32. The van der Waals surface area contributed by atoms with E-state index in [1.165, 1.54) is 24.3 Å². The number of carbonyl (C=O) groups excluding carboxylic acids is 1. The number of anilines is 1. The van der Waals surface area contributed by atoms with Gasteiger partial charge in [-0.2, -0.15) is 0 Å². The predicted molar refractivity (Wildman–Crippen MR) is 91.5 cm³/mol. The molecule has 0 fully saturated rings. The fourth-order valence-electron chi connectivity index (χ4n) is 2.30. The van der Waals surface area contributed by atoms with Crippen LogP contribution in [0.5, 0.6) is 0 Å². The lowest BCUT2D eigenvalue weighted by atomic mass is 10.0. The Hall–Kier alpha value is -2.25. The van der Waals surface area contributed by atoms with E-state index in [1.807, 2.05) is 25.1 Å². The van der Waals surface area contributed by atoms with E-state index in [0.717, 1.165) is 11.8 Å². The molecule has 0 aromatic heterocycles. The molecule has 0 spiro atoms. The number of nitrogens with one attached hydrogen (secondary N) is 2. The van der Waals surface area contributed by atoms with Gasteiger partial charge in [-0.15, -0.1) is 0 Å². The summed E-state index contributed by atoms with van der Waals surface area (Å²) in [6, 6.07) is 11.9. The first kappa shape index (κ1) is 18.1. The molecule has 0 saturated carbocycles. The topological polar surface area (TPSA) is 75.3 Å². The molecule has 1 amide bonds. The van der Waals surface area contributed by atoms with E-state index >= 15 is 0 Å². The Labute approximate surface area is 141 Å². The molecule has 0 radical (unpaired) electrons. The number of aryl methyl sites for hydroxylation is 1. The molecule has 5 nitrogen and oxygen atoms in total. The summed E-state index contributed by atoms with van der Waals surface area (Å²) in [4.78, 5) is 12.2. The average molecular weight is 350 g/mol. The monoisotopic (exact) mass is 350 g/mol. The van der Waals surface area contributed by atoms with E-state index in [0.29, 0.717) is 11.3 Å². The molecule has 2 aromatic carbocycles. The molecule has 2 N–H and O–H groups in total. The second kappa shape index (κ2) is 7.55. The van der Waals surface area contributed by atoms with E-state index in [-0.39, 0.29) is 12.3 Å². The number of hydrogen-bond donors (Lipinski definition) is 2. The summed E-state index contributed by atoms with van der Waals surface area (Å²) in [5, 5.41) is 2.73. The standard InChI is InChI=1S/C17H19FN2O3S/c1-12-4-3-5-15(10-12)19-17(21)11-16(20-24(2,22)23)13-6-8-14(18)9-7-13/h3-10,16,20H,11H2,1-2H3,(H,19,21)/t16-/m0/s1. The third-order valence-electron chi connectivity index (χ3n) is 3.32. The van der Waals surface area contributed by atoms with Crippen LogP contribution in [0, 0.1) is 12.7 Å². The lowest BCUT2D eigenvalue weighted by molar-refractivity contribution is -0.116. The Morgan fingerprint density at radius 3 is 2.42 bits per heavy atom. The summed E-state index contributed by atoms with van der Waals surface area (Å²) in [6.07, 6.45) is 0.911. The van der Waals surface area contributed by atoms with Crippen molar-refractivity contribution in [3.8, 4) is 0 Å². The molecule has 0 aliphatic heterocycles. The van der Waals surface area contributed by atoms with Crippen molar-refractivity contribution in [2.75, 3.05) is 11.6 Å². The highest BCUT2D eigenvalue weighted by Gasteiger charge is 2.20. The van der Waals surface area contributed by atoms with Crippen molar-refractivity contribution in [2.24, 2.45) is 0 Å². The molecule has 0 aliphatic carbocycles. The third-order valence-corrected chi connectivity index (χ3v) is 4.03. The minimum absolute atomic E-state index is 0.105. The first-order chi connectivity index (χ1) is 11.2. The number of carbonyl (C=O) groups is 1. The van der Waals surface area contributed by atoms with Crippen molar-refractivity contribution in [3.05, 3.63) is 65.5 Å². The van der Waals surface area contributed by atoms with Gasteiger partial charge >= 0.3 is 0 Å². The summed E-state index contributed by atoms with van der Waals surface area (Å²) in [6.45, 7) is 1.90. The molecule has 24 heavy (non-hydrogen) atoms. The first-order valence-corrected chi connectivity index (χ1v) is 9.21. The number of benzene rings is 2. The van der Waals surface area contributed by atoms with Crippen LogP contribution in [0.15, 0.2) is 48.5 Å². The predicted octanol–water partition coefficient (Wildman–Crippen LogP) is 2.75. The van der Waals surface area contributed by atoms with Crippen LogP contribution in [-0.4, -0.2) is 20.6 Å². The summed E-state index contributed by atoms with van der Waals surface area (Å²) < 4.78 is 38.6. The van der Waals surface area contributed by atoms with Crippen molar-refractivity contribution in [1.29, 1.82) is 0 Å². The molecule has 2 aromatic rings. The Balaban J connectivity index is 2.15. The average Bonchev–Trinajstić information content (AvgIpc) is 2.45. The highest BCUT2D eigenvalue weighted by Crippen LogP contribution is 2.20. The van der Waals surface area contributed by atoms with E-state index in [4.69, 9.17) is 0 Å². The van der Waals surface area contributed by atoms with Gasteiger partial charge in [0.2, 0.25) is 15.9 Å². The van der Waals surface area contributed by atoms with Gasteiger partial charge in [-0.1, -0.05) is 24.3 Å². The quantitative estimate of drug-likeness (QED) is 0.841. The Bertz CT molecular complexity index is 820. The van der Waals surface area contributed by atoms with Crippen molar-refractivity contribution in [3.63, 3.8) is 0 Å². The highest BCUT2D eigenvalue weighted by molar-refractivity contribution is 7.88. The number of amides is 1. The Morgan fingerprint density at radius 1 is 1.17 bits per heavy atom. The number of hydrogen-bond acceptors (Lipinski definition) is 3. The van der Waals surface area contributed by atoms with Crippen molar-refractivity contribution < 1.29 is 17.6 Å². The molecule has 0 saturated heterocycles. The number of halogens is 1. The molecule has 0 aliphatic rings. The summed E-state index contributed by atoms with van der Waals surface area (Å²) in [5.74, 6) is -0.771. The second-order valence-electron chi connectivity index (χ2n) is 5.62. The third kappa shape index (κ3) is 5.75. The minimum atomic E-state index is -3.53.